The minimum Gasteiger partial charge on any atom is -0.383 e. The van der Waals surface area contributed by atoms with Crippen molar-refractivity contribution in [2.45, 2.75) is 24.0 Å². The van der Waals surface area contributed by atoms with E-state index in [9.17, 15) is 0 Å². The van der Waals surface area contributed by atoms with Gasteiger partial charge in [0.05, 0.1) is 6.61 Å². The molecule has 0 fully saturated rings. The lowest BCUT2D eigenvalue weighted by atomic mass is 10.2. The number of aryl methyl sites for hydroxylation is 1. The standard InChI is InChI=1S/C13H21NOS/c1-11-6-4-5-7-13(11)16-12(2)10-14-8-9-15-3/h4-7,12,14H,8-10H2,1-3H3. The third-order valence-corrected chi connectivity index (χ3v) is 3.62. The molecule has 3 heteroatoms. The lowest BCUT2D eigenvalue weighted by Gasteiger charge is -2.13. The fourth-order valence-electron chi connectivity index (χ4n) is 1.43. The first kappa shape index (κ1) is 13.6. The predicted molar refractivity (Wildman–Crippen MR) is 71.2 cm³/mol. The fourth-order valence-corrected chi connectivity index (χ4v) is 2.47. The molecule has 1 rings (SSSR count). The number of rotatable bonds is 7. The van der Waals surface area contributed by atoms with Gasteiger partial charge in [-0.1, -0.05) is 25.1 Å². The molecule has 16 heavy (non-hydrogen) atoms. The van der Waals surface area contributed by atoms with Crippen molar-refractivity contribution < 1.29 is 4.74 Å². The highest BCUT2D eigenvalue weighted by Crippen LogP contribution is 2.25. The van der Waals surface area contributed by atoms with Gasteiger partial charge in [-0.15, -0.1) is 11.8 Å². The summed E-state index contributed by atoms with van der Waals surface area (Å²) in [4.78, 5) is 1.38. The van der Waals surface area contributed by atoms with Crippen molar-refractivity contribution in [3.05, 3.63) is 29.8 Å². The van der Waals surface area contributed by atoms with Gasteiger partial charge in [-0.05, 0) is 18.6 Å². The molecule has 0 radical (unpaired) electrons. The summed E-state index contributed by atoms with van der Waals surface area (Å²) >= 11 is 1.92. The molecule has 0 aliphatic carbocycles. The Kier molecular flexibility index (Phi) is 6.53. The summed E-state index contributed by atoms with van der Waals surface area (Å²) < 4.78 is 4.99. The largest absolute Gasteiger partial charge is 0.383 e. The van der Waals surface area contributed by atoms with Crippen molar-refractivity contribution in [2.75, 3.05) is 26.8 Å². The Morgan fingerprint density at radius 2 is 2.12 bits per heavy atom. The summed E-state index contributed by atoms with van der Waals surface area (Å²) in [5.41, 5.74) is 1.36. The number of hydrogen-bond acceptors (Lipinski definition) is 3. The van der Waals surface area contributed by atoms with E-state index in [0.29, 0.717) is 5.25 Å². The Labute approximate surface area is 103 Å². The molecule has 0 aliphatic heterocycles. The van der Waals surface area contributed by atoms with Crippen LogP contribution in [0.15, 0.2) is 29.2 Å². The molecule has 0 aliphatic rings. The van der Waals surface area contributed by atoms with Gasteiger partial charge in [-0.3, -0.25) is 0 Å². The Morgan fingerprint density at radius 1 is 1.38 bits per heavy atom. The fraction of sp³-hybridized carbons (Fsp3) is 0.538. The molecule has 90 valence electrons. The second-order valence-electron chi connectivity index (χ2n) is 3.89. The first-order valence-electron chi connectivity index (χ1n) is 5.66. The summed E-state index contributed by atoms with van der Waals surface area (Å²) in [7, 11) is 1.73. The first-order chi connectivity index (χ1) is 7.74. The number of ether oxygens (including phenoxy) is 1. The Balaban J connectivity index is 2.28. The van der Waals surface area contributed by atoms with Crippen LogP contribution in [0.25, 0.3) is 0 Å². The van der Waals surface area contributed by atoms with Crippen LogP contribution in [0, 0.1) is 6.92 Å². The van der Waals surface area contributed by atoms with Crippen molar-refractivity contribution in [1.82, 2.24) is 5.32 Å². The van der Waals surface area contributed by atoms with Crippen LogP contribution in [-0.4, -0.2) is 32.1 Å². The summed E-state index contributed by atoms with van der Waals surface area (Å²) in [5.74, 6) is 0. The van der Waals surface area contributed by atoms with Crippen LogP contribution in [0.5, 0.6) is 0 Å². The normalized spacial score (nSPS) is 12.7. The lowest BCUT2D eigenvalue weighted by Crippen LogP contribution is -2.26. The monoisotopic (exact) mass is 239 g/mol. The molecule has 0 bridgehead atoms. The Bertz CT molecular complexity index is 304. The molecule has 1 unspecified atom stereocenters. The number of hydrogen-bond donors (Lipinski definition) is 1. The molecule has 0 spiro atoms. The lowest BCUT2D eigenvalue weighted by molar-refractivity contribution is 0.199. The molecule has 1 N–H and O–H groups in total. The van der Waals surface area contributed by atoms with E-state index >= 15 is 0 Å². The van der Waals surface area contributed by atoms with Gasteiger partial charge in [0.25, 0.3) is 0 Å². The summed E-state index contributed by atoms with van der Waals surface area (Å²) in [6, 6.07) is 8.53. The molecule has 0 saturated carbocycles. The quantitative estimate of drug-likeness (QED) is 0.584. The van der Waals surface area contributed by atoms with E-state index in [4.69, 9.17) is 4.74 Å². The van der Waals surface area contributed by atoms with Gasteiger partial charge >= 0.3 is 0 Å². The number of thioether (sulfide) groups is 1. The van der Waals surface area contributed by atoms with Crippen molar-refractivity contribution in [2.24, 2.45) is 0 Å². The van der Waals surface area contributed by atoms with Crippen molar-refractivity contribution in [3.63, 3.8) is 0 Å². The zero-order valence-corrected chi connectivity index (χ0v) is 11.1. The van der Waals surface area contributed by atoms with Gasteiger partial charge in [0.15, 0.2) is 0 Å². The van der Waals surface area contributed by atoms with E-state index in [-0.39, 0.29) is 0 Å². The molecule has 0 saturated heterocycles. The van der Waals surface area contributed by atoms with E-state index in [0.717, 1.165) is 19.7 Å². The smallest absolute Gasteiger partial charge is 0.0587 e. The van der Waals surface area contributed by atoms with Crippen LogP contribution in [0.1, 0.15) is 12.5 Å². The van der Waals surface area contributed by atoms with Crippen molar-refractivity contribution in [3.8, 4) is 0 Å². The summed E-state index contributed by atoms with van der Waals surface area (Å²) in [5, 5.41) is 3.96. The van der Waals surface area contributed by atoms with E-state index in [1.165, 1.54) is 10.5 Å². The number of methoxy groups -OCH3 is 1. The van der Waals surface area contributed by atoms with Crippen molar-refractivity contribution >= 4 is 11.8 Å². The number of nitrogens with one attached hydrogen (secondary N) is 1. The molecular formula is C13H21NOS. The third-order valence-electron chi connectivity index (χ3n) is 2.34. The van der Waals surface area contributed by atoms with Crippen LogP contribution in [-0.2, 0) is 4.74 Å². The minimum absolute atomic E-state index is 0.581. The van der Waals surface area contributed by atoms with E-state index < -0.39 is 0 Å². The van der Waals surface area contributed by atoms with E-state index in [1.807, 2.05) is 11.8 Å². The average molecular weight is 239 g/mol. The molecule has 0 amide bonds. The van der Waals surface area contributed by atoms with Gasteiger partial charge < -0.3 is 10.1 Å². The molecule has 1 atom stereocenters. The summed E-state index contributed by atoms with van der Waals surface area (Å²) in [6.07, 6.45) is 0. The predicted octanol–water partition coefficient (Wildman–Crippen LogP) is 2.71. The molecule has 2 nitrogen and oxygen atoms in total. The van der Waals surface area contributed by atoms with Crippen LogP contribution in [0.3, 0.4) is 0 Å². The molecular weight excluding hydrogens is 218 g/mol. The first-order valence-corrected chi connectivity index (χ1v) is 6.54. The molecule has 0 heterocycles. The van der Waals surface area contributed by atoms with Gasteiger partial charge in [0.1, 0.15) is 0 Å². The Hall–Kier alpha value is -0.510. The minimum atomic E-state index is 0.581. The van der Waals surface area contributed by atoms with E-state index in [2.05, 4.69) is 43.4 Å². The highest BCUT2D eigenvalue weighted by molar-refractivity contribution is 8.00. The topological polar surface area (TPSA) is 21.3 Å². The van der Waals surface area contributed by atoms with Crippen molar-refractivity contribution in [1.29, 1.82) is 0 Å². The maximum absolute atomic E-state index is 4.99. The van der Waals surface area contributed by atoms with Gasteiger partial charge in [0.2, 0.25) is 0 Å². The zero-order chi connectivity index (χ0) is 11.8. The van der Waals surface area contributed by atoms with E-state index in [1.54, 1.807) is 7.11 Å². The van der Waals surface area contributed by atoms with Crippen LogP contribution in [0.2, 0.25) is 0 Å². The molecule has 0 aromatic heterocycles. The third kappa shape index (κ3) is 5.01. The molecule has 1 aromatic rings. The Morgan fingerprint density at radius 3 is 2.81 bits per heavy atom. The highest BCUT2D eigenvalue weighted by atomic mass is 32.2. The highest BCUT2D eigenvalue weighted by Gasteiger charge is 2.05. The zero-order valence-electron chi connectivity index (χ0n) is 10.3. The maximum atomic E-state index is 4.99. The van der Waals surface area contributed by atoms with Gasteiger partial charge in [0, 0.05) is 30.3 Å². The maximum Gasteiger partial charge on any atom is 0.0587 e. The molecule has 1 aromatic carbocycles. The number of benzene rings is 1. The van der Waals surface area contributed by atoms with Crippen LogP contribution >= 0.6 is 11.8 Å². The SMILES string of the molecule is COCCNCC(C)Sc1ccccc1C. The van der Waals surface area contributed by atoms with Gasteiger partial charge in [-0.25, -0.2) is 0 Å². The second kappa shape index (κ2) is 7.71. The van der Waals surface area contributed by atoms with Crippen LogP contribution in [0.4, 0.5) is 0 Å². The van der Waals surface area contributed by atoms with Crippen LogP contribution < -0.4 is 5.32 Å². The average Bonchev–Trinajstić information content (AvgIpc) is 2.28. The van der Waals surface area contributed by atoms with Gasteiger partial charge in [-0.2, -0.15) is 0 Å². The second-order valence-corrected chi connectivity index (χ2v) is 5.37. The summed E-state index contributed by atoms with van der Waals surface area (Å²) in [6.45, 7) is 7.13.